The number of ether oxygens (including phenoxy) is 1. The number of hydrogen-bond acceptors (Lipinski definition) is 4. The summed E-state index contributed by atoms with van der Waals surface area (Å²) in [6, 6.07) is 0. The van der Waals surface area contributed by atoms with Gasteiger partial charge in [-0.2, -0.15) is 0 Å². The van der Waals surface area contributed by atoms with E-state index in [-0.39, 0.29) is 11.5 Å². The Bertz CT molecular complexity index is 341. The molecule has 0 aromatic carbocycles. The Labute approximate surface area is 73.6 Å². The standard InChI is InChI=1S/C7H7N3O3/c8-6(11)4-5(7(9)12)13-3-1-2-10-4/h1-3H,(H2,8,11)(H2,9,12). The van der Waals surface area contributed by atoms with Gasteiger partial charge in [-0.1, -0.05) is 0 Å². The zero-order valence-corrected chi connectivity index (χ0v) is 6.56. The summed E-state index contributed by atoms with van der Waals surface area (Å²) in [6.07, 6.45) is 3.86. The Kier molecular flexibility index (Phi) is 2.44. The van der Waals surface area contributed by atoms with E-state index in [0.29, 0.717) is 0 Å². The van der Waals surface area contributed by atoms with Crippen molar-refractivity contribution in [3.05, 3.63) is 23.8 Å². The fourth-order valence-corrected chi connectivity index (χ4v) is 0.725. The van der Waals surface area contributed by atoms with Gasteiger partial charge in [-0.15, -0.1) is 0 Å². The number of allylic oxidation sites excluding steroid dienone is 1. The molecule has 0 aromatic heterocycles. The lowest BCUT2D eigenvalue weighted by atomic mass is 10.3. The molecule has 0 unspecified atom stereocenters. The molecular weight excluding hydrogens is 174 g/mol. The number of carbonyl (C=O) groups excluding carboxylic acids is 2. The van der Waals surface area contributed by atoms with Crippen molar-refractivity contribution in [3.8, 4) is 0 Å². The van der Waals surface area contributed by atoms with Gasteiger partial charge in [-0.3, -0.25) is 9.59 Å². The molecule has 4 N–H and O–H groups in total. The van der Waals surface area contributed by atoms with Crippen LogP contribution in [0.15, 0.2) is 28.8 Å². The van der Waals surface area contributed by atoms with Crippen LogP contribution in [0.3, 0.4) is 0 Å². The summed E-state index contributed by atoms with van der Waals surface area (Å²) in [4.78, 5) is 25.1. The molecule has 0 aromatic rings. The van der Waals surface area contributed by atoms with E-state index in [9.17, 15) is 9.59 Å². The largest absolute Gasteiger partial charge is 0.457 e. The maximum absolute atomic E-state index is 10.8. The molecule has 0 spiro atoms. The van der Waals surface area contributed by atoms with Crippen molar-refractivity contribution in [1.29, 1.82) is 0 Å². The zero-order chi connectivity index (χ0) is 9.84. The second kappa shape index (κ2) is 3.53. The van der Waals surface area contributed by atoms with Crippen LogP contribution in [0.2, 0.25) is 0 Å². The van der Waals surface area contributed by atoms with Crippen LogP contribution in [0, 0.1) is 0 Å². The van der Waals surface area contributed by atoms with Crippen molar-refractivity contribution >= 4 is 18.0 Å². The molecule has 0 atom stereocenters. The van der Waals surface area contributed by atoms with Gasteiger partial charge in [-0.25, -0.2) is 4.99 Å². The summed E-state index contributed by atoms with van der Waals surface area (Å²) in [5.74, 6) is -2.11. The molecule has 1 rings (SSSR count). The monoisotopic (exact) mass is 181 g/mol. The topological polar surface area (TPSA) is 108 Å². The van der Waals surface area contributed by atoms with Crippen molar-refractivity contribution < 1.29 is 14.3 Å². The van der Waals surface area contributed by atoms with Crippen LogP contribution in [-0.2, 0) is 14.3 Å². The van der Waals surface area contributed by atoms with E-state index in [1.165, 1.54) is 18.6 Å². The van der Waals surface area contributed by atoms with E-state index < -0.39 is 11.8 Å². The minimum atomic E-state index is -0.891. The van der Waals surface area contributed by atoms with Gasteiger partial charge in [0.2, 0.25) is 5.76 Å². The molecular formula is C7H7N3O3. The normalized spacial score (nSPS) is 15.1. The second-order valence-electron chi connectivity index (χ2n) is 2.13. The molecule has 2 amide bonds. The number of amides is 2. The summed E-state index contributed by atoms with van der Waals surface area (Å²) < 4.78 is 4.74. The first-order valence-electron chi connectivity index (χ1n) is 3.32. The average molecular weight is 181 g/mol. The van der Waals surface area contributed by atoms with Crippen LogP contribution in [0.5, 0.6) is 0 Å². The number of primary amides is 2. The third kappa shape index (κ3) is 1.92. The van der Waals surface area contributed by atoms with Crippen LogP contribution in [-0.4, -0.2) is 18.0 Å². The maximum Gasteiger partial charge on any atom is 0.286 e. The van der Waals surface area contributed by atoms with Gasteiger partial charge < -0.3 is 16.2 Å². The van der Waals surface area contributed by atoms with Crippen molar-refractivity contribution in [2.24, 2.45) is 16.5 Å². The Morgan fingerprint density at radius 3 is 2.54 bits per heavy atom. The fraction of sp³-hybridized carbons (Fsp3) is 0. The summed E-state index contributed by atoms with van der Waals surface area (Å²) in [5, 5.41) is 0. The molecule has 0 saturated heterocycles. The van der Waals surface area contributed by atoms with Crippen molar-refractivity contribution in [2.45, 2.75) is 0 Å². The van der Waals surface area contributed by atoms with Gasteiger partial charge in [0.1, 0.15) is 0 Å². The van der Waals surface area contributed by atoms with E-state index in [1.54, 1.807) is 0 Å². The predicted octanol–water partition coefficient (Wildman–Crippen LogP) is -1.22. The highest BCUT2D eigenvalue weighted by Crippen LogP contribution is 2.09. The molecule has 68 valence electrons. The van der Waals surface area contributed by atoms with E-state index in [1.807, 2.05) is 0 Å². The first-order valence-corrected chi connectivity index (χ1v) is 3.32. The van der Waals surface area contributed by atoms with Gasteiger partial charge in [0, 0.05) is 6.21 Å². The highest BCUT2D eigenvalue weighted by Gasteiger charge is 2.18. The number of nitrogens with two attached hydrogens (primary N) is 2. The zero-order valence-electron chi connectivity index (χ0n) is 6.56. The lowest BCUT2D eigenvalue weighted by Gasteiger charge is -2.02. The van der Waals surface area contributed by atoms with Crippen LogP contribution in [0.1, 0.15) is 0 Å². The number of nitrogens with zero attached hydrogens (tertiary/aromatic N) is 1. The first-order chi connectivity index (χ1) is 6.13. The van der Waals surface area contributed by atoms with Crippen molar-refractivity contribution in [3.63, 3.8) is 0 Å². The Morgan fingerprint density at radius 1 is 1.31 bits per heavy atom. The summed E-state index contributed by atoms with van der Waals surface area (Å²) >= 11 is 0. The molecule has 0 bridgehead atoms. The van der Waals surface area contributed by atoms with Gasteiger partial charge in [-0.05, 0) is 6.08 Å². The average Bonchev–Trinajstić information content (AvgIpc) is 2.27. The molecule has 0 radical (unpaired) electrons. The van der Waals surface area contributed by atoms with Crippen LogP contribution in [0.25, 0.3) is 0 Å². The van der Waals surface area contributed by atoms with Crippen LogP contribution >= 0.6 is 0 Å². The summed E-state index contributed by atoms with van der Waals surface area (Å²) in [7, 11) is 0. The van der Waals surface area contributed by atoms with Crippen molar-refractivity contribution in [1.82, 2.24) is 0 Å². The molecule has 1 heterocycles. The summed E-state index contributed by atoms with van der Waals surface area (Å²) in [5.41, 5.74) is 9.59. The van der Waals surface area contributed by atoms with E-state index in [4.69, 9.17) is 16.2 Å². The summed E-state index contributed by atoms with van der Waals surface area (Å²) in [6.45, 7) is 0. The molecule has 1 aliphatic heterocycles. The third-order valence-corrected chi connectivity index (χ3v) is 1.23. The SMILES string of the molecule is NC(=O)C1=C(C(N)=O)OC=CC=N1. The first kappa shape index (κ1) is 8.98. The lowest BCUT2D eigenvalue weighted by molar-refractivity contribution is -0.119. The van der Waals surface area contributed by atoms with Gasteiger partial charge >= 0.3 is 0 Å². The Balaban J connectivity index is 3.17. The van der Waals surface area contributed by atoms with Gasteiger partial charge in [0.25, 0.3) is 11.8 Å². The second-order valence-corrected chi connectivity index (χ2v) is 2.13. The number of aliphatic imine (C=N–C) groups is 1. The Hall–Kier alpha value is -2.11. The quantitative estimate of drug-likeness (QED) is 0.557. The third-order valence-electron chi connectivity index (χ3n) is 1.23. The van der Waals surface area contributed by atoms with Crippen LogP contribution in [0.4, 0.5) is 0 Å². The minimum Gasteiger partial charge on any atom is -0.457 e. The highest BCUT2D eigenvalue weighted by atomic mass is 16.5. The molecule has 6 heteroatoms. The maximum atomic E-state index is 10.8. The molecule has 0 fully saturated rings. The minimum absolute atomic E-state index is 0.280. The van der Waals surface area contributed by atoms with Gasteiger partial charge in [0.05, 0.1) is 6.26 Å². The smallest absolute Gasteiger partial charge is 0.286 e. The molecule has 0 aliphatic carbocycles. The number of rotatable bonds is 2. The fourth-order valence-electron chi connectivity index (χ4n) is 0.725. The lowest BCUT2D eigenvalue weighted by Crippen LogP contribution is -2.22. The highest BCUT2D eigenvalue weighted by molar-refractivity contribution is 6.03. The Morgan fingerprint density at radius 2 is 2.00 bits per heavy atom. The number of carbonyl (C=O) groups is 2. The molecule has 0 saturated carbocycles. The molecule has 13 heavy (non-hydrogen) atoms. The molecule has 1 aliphatic rings. The predicted molar refractivity (Wildman–Crippen MR) is 44.1 cm³/mol. The van der Waals surface area contributed by atoms with Crippen LogP contribution < -0.4 is 11.5 Å². The van der Waals surface area contributed by atoms with E-state index in [2.05, 4.69) is 4.99 Å². The molecule has 6 nitrogen and oxygen atoms in total. The van der Waals surface area contributed by atoms with Gasteiger partial charge in [0.15, 0.2) is 5.70 Å². The van der Waals surface area contributed by atoms with E-state index in [0.717, 1.165) is 0 Å². The number of hydrogen-bond donors (Lipinski definition) is 2. The van der Waals surface area contributed by atoms with Crippen molar-refractivity contribution in [2.75, 3.05) is 0 Å². The van der Waals surface area contributed by atoms with E-state index >= 15 is 0 Å².